The Morgan fingerprint density at radius 1 is 1.20 bits per heavy atom. The van der Waals surface area contributed by atoms with Crippen LogP contribution in [0.3, 0.4) is 0 Å². The van der Waals surface area contributed by atoms with Gasteiger partial charge in [-0.2, -0.15) is 11.8 Å². The smallest absolute Gasteiger partial charge is 0.141 e. The molecule has 0 bridgehead atoms. The lowest BCUT2D eigenvalue weighted by Gasteiger charge is -2.09. The van der Waals surface area contributed by atoms with Gasteiger partial charge < -0.3 is 5.32 Å². The zero-order valence-electron chi connectivity index (χ0n) is 11.6. The lowest BCUT2D eigenvalue weighted by molar-refractivity contribution is 0.975. The van der Waals surface area contributed by atoms with Gasteiger partial charge in [0.15, 0.2) is 0 Å². The van der Waals surface area contributed by atoms with Crippen molar-refractivity contribution in [2.75, 3.05) is 12.4 Å². The predicted octanol–water partition coefficient (Wildman–Crippen LogP) is 3.87. The van der Waals surface area contributed by atoms with Crippen LogP contribution in [-0.4, -0.2) is 17.0 Å². The normalized spacial score (nSPS) is 13.3. The highest BCUT2D eigenvalue weighted by molar-refractivity contribution is 7.98. The van der Waals surface area contributed by atoms with E-state index in [4.69, 9.17) is 4.98 Å². The maximum Gasteiger partial charge on any atom is 0.141 e. The molecule has 2 heterocycles. The second-order valence-corrected chi connectivity index (χ2v) is 6.79. The van der Waals surface area contributed by atoms with Crippen LogP contribution in [0.4, 0.5) is 5.82 Å². The molecule has 1 aromatic heterocycles. The molecule has 1 aliphatic heterocycles. The Kier molecular flexibility index (Phi) is 4.17. The zero-order valence-corrected chi connectivity index (χ0v) is 13.3. The molecule has 0 spiro atoms. The summed E-state index contributed by atoms with van der Waals surface area (Å²) in [7, 11) is 1.93. The number of benzene rings is 1. The molecule has 0 saturated carbocycles. The highest BCUT2D eigenvalue weighted by Crippen LogP contribution is 2.33. The summed E-state index contributed by atoms with van der Waals surface area (Å²) in [6, 6.07) is 8.59. The molecule has 0 fully saturated rings. The minimum absolute atomic E-state index is 0.815. The fourth-order valence-corrected chi connectivity index (χ4v) is 3.95. The molecule has 2 aromatic rings. The number of aromatic nitrogens is 2. The predicted molar refractivity (Wildman–Crippen MR) is 87.3 cm³/mol. The maximum absolute atomic E-state index is 4.70. The van der Waals surface area contributed by atoms with Gasteiger partial charge in [-0.1, -0.05) is 17.7 Å². The average Bonchev–Trinajstić information content (AvgIpc) is 2.94. The molecule has 1 N–H and O–H groups in total. The van der Waals surface area contributed by atoms with E-state index in [1.54, 1.807) is 11.8 Å². The molecule has 20 heavy (non-hydrogen) atoms. The number of aryl methyl sites for hydroxylation is 1. The number of hydrogen-bond donors (Lipinski definition) is 1. The molecule has 0 amide bonds. The minimum Gasteiger partial charge on any atom is -0.373 e. The van der Waals surface area contributed by atoms with Crippen LogP contribution in [0.2, 0.25) is 0 Å². The van der Waals surface area contributed by atoms with E-state index in [1.165, 1.54) is 21.7 Å². The van der Waals surface area contributed by atoms with E-state index in [0.29, 0.717) is 0 Å². The number of anilines is 1. The molecule has 1 aliphatic rings. The number of rotatable bonds is 4. The van der Waals surface area contributed by atoms with Gasteiger partial charge in [0.25, 0.3) is 0 Å². The van der Waals surface area contributed by atoms with Crippen LogP contribution in [0.1, 0.15) is 22.6 Å². The van der Waals surface area contributed by atoms with E-state index in [2.05, 4.69) is 41.5 Å². The third kappa shape index (κ3) is 2.94. The van der Waals surface area contributed by atoms with Gasteiger partial charge in [-0.3, -0.25) is 0 Å². The van der Waals surface area contributed by atoms with Crippen LogP contribution < -0.4 is 5.32 Å². The summed E-state index contributed by atoms with van der Waals surface area (Å²) in [6.07, 6.45) is 0. The summed E-state index contributed by atoms with van der Waals surface area (Å²) in [4.78, 5) is 10.6. The van der Waals surface area contributed by atoms with Crippen molar-refractivity contribution >= 4 is 29.3 Å². The van der Waals surface area contributed by atoms with Crippen molar-refractivity contribution in [1.82, 2.24) is 9.97 Å². The van der Waals surface area contributed by atoms with E-state index in [-0.39, 0.29) is 0 Å². The second-order valence-electron chi connectivity index (χ2n) is 4.76. The van der Waals surface area contributed by atoms with Crippen molar-refractivity contribution < 1.29 is 0 Å². The van der Waals surface area contributed by atoms with Crippen LogP contribution in [0, 0.1) is 6.92 Å². The fraction of sp³-hybridized carbons (Fsp3) is 0.333. The minimum atomic E-state index is 0.815. The summed E-state index contributed by atoms with van der Waals surface area (Å²) in [5, 5.41) is 3.20. The van der Waals surface area contributed by atoms with E-state index >= 15 is 0 Å². The number of thioether (sulfide) groups is 2. The molecular weight excluding hydrogens is 286 g/mol. The molecule has 3 nitrogen and oxygen atoms in total. The molecule has 0 atom stereocenters. The van der Waals surface area contributed by atoms with E-state index < -0.39 is 0 Å². The lowest BCUT2D eigenvalue weighted by atomic mass is 10.2. The van der Waals surface area contributed by atoms with Crippen molar-refractivity contribution in [1.29, 1.82) is 0 Å². The molecular formula is C15H17N3S2. The van der Waals surface area contributed by atoms with Crippen LogP contribution >= 0.6 is 23.5 Å². The highest BCUT2D eigenvalue weighted by Gasteiger charge is 2.19. The van der Waals surface area contributed by atoms with Crippen molar-refractivity contribution in [2.45, 2.75) is 29.1 Å². The van der Waals surface area contributed by atoms with Gasteiger partial charge in [0.2, 0.25) is 0 Å². The molecule has 0 radical (unpaired) electrons. The SMILES string of the molecule is CNc1nc(CSc2ccc(C)cc2)nc2c1CSC2. The Morgan fingerprint density at radius 3 is 2.75 bits per heavy atom. The Labute approximate surface area is 128 Å². The average molecular weight is 303 g/mol. The summed E-state index contributed by atoms with van der Waals surface area (Å²) in [5.41, 5.74) is 3.77. The van der Waals surface area contributed by atoms with Crippen molar-refractivity contribution in [3.63, 3.8) is 0 Å². The summed E-state index contributed by atoms with van der Waals surface area (Å²) in [5.74, 6) is 4.77. The van der Waals surface area contributed by atoms with E-state index in [9.17, 15) is 0 Å². The van der Waals surface area contributed by atoms with Crippen molar-refractivity contribution in [3.8, 4) is 0 Å². The Hall–Kier alpha value is -1.20. The van der Waals surface area contributed by atoms with Gasteiger partial charge in [-0.15, -0.1) is 11.8 Å². The zero-order chi connectivity index (χ0) is 13.9. The first-order valence-corrected chi connectivity index (χ1v) is 8.74. The largest absolute Gasteiger partial charge is 0.373 e. The standard InChI is InChI=1S/C15H17N3S2/c1-10-3-5-11(6-4-10)20-9-14-17-13-8-19-7-12(13)15(16-2)18-14/h3-6H,7-9H2,1-2H3,(H,16,17,18). The third-order valence-electron chi connectivity index (χ3n) is 3.25. The van der Waals surface area contributed by atoms with Gasteiger partial charge >= 0.3 is 0 Å². The highest BCUT2D eigenvalue weighted by atomic mass is 32.2. The van der Waals surface area contributed by atoms with Crippen LogP contribution in [0.25, 0.3) is 0 Å². The Morgan fingerprint density at radius 2 is 2.00 bits per heavy atom. The molecule has 0 saturated heterocycles. The first kappa shape index (κ1) is 13.8. The first-order valence-electron chi connectivity index (χ1n) is 6.60. The van der Waals surface area contributed by atoms with Crippen LogP contribution in [-0.2, 0) is 17.3 Å². The lowest BCUT2D eigenvalue weighted by Crippen LogP contribution is -2.05. The van der Waals surface area contributed by atoms with Gasteiger partial charge in [0.05, 0.1) is 11.4 Å². The summed E-state index contributed by atoms with van der Waals surface area (Å²) >= 11 is 3.70. The Bertz CT molecular complexity index is 611. The maximum atomic E-state index is 4.70. The second kappa shape index (κ2) is 6.06. The number of nitrogens with zero attached hydrogens (tertiary/aromatic N) is 2. The number of hydrogen-bond acceptors (Lipinski definition) is 5. The molecule has 5 heteroatoms. The third-order valence-corrected chi connectivity index (χ3v) is 5.23. The van der Waals surface area contributed by atoms with Gasteiger partial charge in [-0.25, -0.2) is 9.97 Å². The number of nitrogens with one attached hydrogen (secondary N) is 1. The summed E-state index contributed by atoms with van der Waals surface area (Å²) < 4.78 is 0. The van der Waals surface area contributed by atoms with E-state index in [0.717, 1.165) is 28.9 Å². The topological polar surface area (TPSA) is 37.8 Å². The molecule has 0 aliphatic carbocycles. The molecule has 3 rings (SSSR count). The molecule has 0 unspecified atom stereocenters. The van der Waals surface area contributed by atoms with Crippen molar-refractivity contribution in [3.05, 3.63) is 46.9 Å². The van der Waals surface area contributed by atoms with E-state index in [1.807, 2.05) is 18.8 Å². The Balaban J connectivity index is 1.76. The van der Waals surface area contributed by atoms with Crippen LogP contribution in [0.5, 0.6) is 0 Å². The first-order chi connectivity index (χ1) is 9.76. The fourth-order valence-electron chi connectivity index (χ4n) is 2.16. The van der Waals surface area contributed by atoms with Gasteiger partial charge in [-0.05, 0) is 19.1 Å². The van der Waals surface area contributed by atoms with Gasteiger partial charge in [0, 0.05) is 29.0 Å². The molecule has 104 valence electrons. The molecule has 1 aromatic carbocycles. The van der Waals surface area contributed by atoms with Crippen molar-refractivity contribution in [2.24, 2.45) is 0 Å². The monoisotopic (exact) mass is 303 g/mol. The quantitative estimate of drug-likeness (QED) is 0.868. The number of fused-ring (bicyclic) bond motifs is 1. The van der Waals surface area contributed by atoms with Crippen LogP contribution in [0.15, 0.2) is 29.2 Å². The summed E-state index contributed by atoms with van der Waals surface area (Å²) in [6.45, 7) is 2.11. The van der Waals surface area contributed by atoms with Gasteiger partial charge in [0.1, 0.15) is 11.6 Å².